The number of ketones is 1. The lowest BCUT2D eigenvalue weighted by molar-refractivity contribution is -0.128. The summed E-state index contributed by atoms with van der Waals surface area (Å²) in [5.41, 5.74) is 0.611. The van der Waals surface area contributed by atoms with Crippen molar-refractivity contribution in [1.29, 1.82) is 0 Å². The van der Waals surface area contributed by atoms with Crippen LogP contribution in [0.5, 0.6) is 0 Å². The van der Waals surface area contributed by atoms with Gasteiger partial charge in [-0.2, -0.15) is 0 Å². The van der Waals surface area contributed by atoms with E-state index in [1.807, 2.05) is 0 Å². The zero-order chi connectivity index (χ0) is 9.69. The Labute approximate surface area is 80.9 Å². The topological polar surface area (TPSA) is 17.1 Å². The third-order valence-corrected chi connectivity index (χ3v) is 4.31. The zero-order valence-corrected chi connectivity index (χ0v) is 9.02. The standard InChI is InChI=1S/C12H20O/c1-11(2)6-4-7-12(3)8-5-9(13)10(11)12/h10H,4-8H2,1-3H3/t10-,12-/m0/s1. The van der Waals surface area contributed by atoms with Gasteiger partial charge in [-0.1, -0.05) is 27.2 Å². The summed E-state index contributed by atoms with van der Waals surface area (Å²) in [6.07, 6.45) is 5.80. The Morgan fingerprint density at radius 1 is 1.15 bits per heavy atom. The number of Topliss-reactive ketones (excluding diaryl/α,β-unsaturated/α-hetero) is 1. The Balaban J connectivity index is 2.35. The second-order valence-electron chi connectivity index (χ2n) is 5.90. The molecule has 0 radical (unpaired) electrons. The molecule has 0 heterocycles. The predicted octanol–water partition coefficient (Wildman–Crippen LogP) is 3.18. The Kier molecular flexibility index (Phi) is 1.84. The number of hydrogen-bond donors (Lipinski definition) is 0. The minimum Gasteiger partial charge on any atom is -0.299 e. The molecule has 0 amide bonds. The van der Waals surface area contributed by atoms with Crippen molar-refractivity contribution >= 4 is 5.78 Å². The molecule has 0 aromatic carbocycles. The molecule has 0 aromatic heterocycles. The van der Waals surface area contributed by atoms with E-state index in [0.29, 0.717) is 17.1 Å². The van der Waals surface area contributed by atoms with Crippen LogP contribution >= 0.6 is 0 Å². The highest BCUT2D eigenvalue weighted by Crippen LogP contribution is 2.57. The number of hydrogen-bond acceptors (Lipinski definition) is 1. The lowest BCUT2D eigenvalue weighted by Gasteiger charge is -2.46. The van der Waals surface area contributed by atoms with Crippen LogP contribution < -0.4 is 0 Å². The number of rotatable bonds is 0. The largest absolute Gasteiger partial charge is 0.299 e. The van der Waals surface area contributed by atoms with Gasteiger partial charge in [0, 0.05) is 12.3 Å². The summed E-state index contributed by atoms with van der Waals surface area (Å²) in [7, 11) is 0. The van der Waals surface area contributed by atoms with Crippen molar-refractivity contribution in [2.24, 2.45) is 16.7 Å². The van der Waals surface area contributed by atoms with E-state index in [1.165, 1.54) is 19.3 Å². The quantitative estimate of drug-likeness (QED) is 0.559. The van der Waals surface area contributed by atoms with Gasteiger partial charge in [0.05, 0.1) is 0 Å². The third-order valence-electron chi connectivity index (χ3n) is 4.31. The van der Waals surface area contributed by atoms with E-state index in [4.69, 9.17) is 0 Å². The summed E-state index contributed by atoms with van der Waals surface area (Å²) in [6.45, 7) is 6.88. The molecule has 0 aliphatic heterocycles. The highest BCUT2D eigenvalue weighted by Gasteiger charge is 2.53. The molecule has 74 valence electrons. The van der Waals surface area contributed by atoms with Crippen molar-refractivity contribution in [3.63, 3.8) is 0 Å². The molecule has 0 N–H and O–H groups in total. The van der Waals surface area contributed by atoms with E-state index in [-0.39, 0.29) is 5.41 Å². The molecule has 0 spiro atoms. The highest BCUT2D eigenvalue weighted by atomic mass is 16.1. The summed E-state index contributed by atoms with van der Waals surface area (Å²) >= 11 is 0. The van der Waals surface area contributed by atoms with E-state index in [9.17, 15) is 4.79 Å². The second-order valence-corrected chi connectivity index (χ2v) is 5.90. The summed E-state index contributed by atoms with van der Waals surface area (Å²) in [6, 6.07) is 0. The van der Waals surface area contributed by atoms with E-state index >= 15 is 0 Å². The molecule has 2 aliphatic carbocycles. The Morgan fingerprint density at radius 2 is 1.85 bits per heavy atom. The first kappa shape index (κ1) is 9.23. The molecule has 2 saturated carbocycles. The van der Waals surface area contributed by atoms with E-state index in [1.54, 1.807) is 0 Å². The summed E-state index contributed by atoms with van der Waals surface area (Å²) in [4.78, 5) is 11.8. The molecule has 1 heteroatoms. The fraction of sp³-hybridized carbons (Fsp3) is 0.917. The molecule has 2 rings (SSSR count). The normalized spacial score (nSPS) is 43.3. The minimum atomic E-state index is 0.264. The summed E-state index contributed by atoms with van der Waals surface area (Å²) < 4.78 is 0. The Hall–Kier alpha value is -0.330. The van der Waals surface area contributed by atoms with Gasteiger partial charge in [0.1, 0.15) is 5.78 Å². The average molecular weight is 180 g/mol. The zero-order valence-electron chi connectivity index (χ0n) is 9.02. The maximum Gasteiger partial charge on any atom is 0.137 e. The van der Waals surface area contributed by atoms with Gasteiger partial charge < -0.3 is 0 Å². The molecule has 13 heavy (non-hydrogen) atoms. The summed E-state index contributed by atoms with van der Waals surface area (Å²) in [5.74, 6) is 0.890. The van der Waals surface area contributed by atoms with Gasteiger partial charge in [0.15, 0.2) is 0 Å². The fourth-order valence-electron chi connectivity index (χ4n) is 3.83. The fourth-order valence-corrected chi connectivity index (χ4v) is 3.83. The molecular formula is C12H20O. The molecule has 2 atom stereocenters. The maximum atomic E-state index is 11.8. The number of carbonyl (C=O) groups is 1. The first-order valence-electron chi connectivity index (χ1n) is 5.48. The van der Waals surface area contributed by atoms with Crippen LogP contribution in [0.1, 0.15) is 52.9 Å². The van der Waals surface area contributed by atoms with Crippen LogP contribution in [0, 0.1) is 16.7 Å². The maximum absolute atomic E-state index is 11.8. The van der Waals surface area contributed by atoms with Crippen molar-refractivity contribution in [1.82, 2.24) is 0 Å². The number of carbonyl (C=O) groups excluding carboxylic acids is 1. The van der Waals surface area contributed by atoms with Gasteiger partial charge in [-0.25, -0.2) is 0 Å². The van der Waals surface area contributed by atoms with Crippen LogP contribution in [0.25, 0.3) is 0 Å². The van der Waals surface area contributed by atoms with Gasteiger partial charge in [0.25, 0.3) is 0 Å². The van der Waals surface area contributed by atoms with Crippen LogP contribution in [-0.4, -0.2) is 5.78 Å². The molecule has 0 aromatic rings. The Morgan fingerprint density at radius 3 is 2.46 bits per heavy atom. The minimum absolute atomic E-state index is 0.264. The lowest BCUT2D eigenvalue weighted by atomic mass is 9.58. The van der Waals surface area contributed by atoms with Crippen LogP contribution in [0.2, 0.25) is 0 Å². The summed E-state index contributed by atoms with van der Waals surface area (Å²) in [5, 5.41) is 0. The average Bonchev–Trinajstić information content (AvgIpc) is 2.27. The van der Waals surface area contributed by atoms with E-state index in [0.717, 1.165) is 12.8 Å². The molecule has 0 bridgehead atoms. The van der Waals surface area contributed by atoms with Crippen molar-refractivity contribution in [2.45, 2.75) is 52.9 Å². The van der Waals surface area contributed by atoms with Crippen LogP contribution in [0.3, 0.4) is 0 Å². The van der Waals surface area contributed by atoms with Gasteiger partial charge in [-0.3, -0.25) is 4.79 Å². The molecule has 2 fully saturated rings. The van der Waals surface area contributed by atoms with Gasteiger partial charge >= 0.3 is 0 Å². The number of fused-ring (bicyclic) bond motifs is 1. The lowest BCUT2D eigenvalue weighted by Crippen LogP contribution is -2.41. The van der Waals surface area contributed by atoms with Crippen molar-refractivity contribution < 1.29 is 4.79 Å². The molecular weight excluding hydrogens is 160 g/mol. The van der Waals surface area contributed by atoms with Crippen LogP contribution in [0.15, 0.2) is 0 Å². The van der Waals surface area contributed by atoms with E-state index < -0.39 is 0 Å². The van der Waals surface area contributed by atoms with Crippen molar-refractivity contribution in [3.8, 4) is 0 Å². The van der Waals surface area contributed by atoms with E-state index in [2.05, 4.69) is 20.8 Å². The molecule has 2 aliphatic rings. The van der Waals surface area contributed by atoms with Crippen molar-refractivity contribution in [2.75, 3.05) is 0 Å². The first-order valence-corrected chi connectivity index (χ1v) is 5.48. The second kappa shape index (κ2) is 2.59. The monoisotopic (exact) mass is 180 g/mol. The predicted molar refractivity (Wildman–Crippen MR) is 53.5 cm³/mol. The van der Waals surface area contributed by atoms with Gasteiger partial charge in [0.2, 0.25) is 0 Å². The SMILES string of the molecule is CC1(C)CCC[C@@]2(C)CCC(=O)[C@@H]12. The van der Waals surface area contributed by atoms with Gasteiger partial charge in [-0.15, -0.1) is 0 Å². The molecule has 0 unspecified atom stereocenters. The van der Waals surface area contributed by atoms with Crippen LogP contribution in [0.4, 0.5) is 0 Å². The smallest absolute Gasteiger partial charge is 0.137 e. The Bertz CT molecular complexity index is 242. The third kappa shape index (κ3) is 1.24. The molecule has 0 saturated heterocycles. The van der Waals surface area contributed by atoms with Gasteiger partial charge in [-0.05, 0) is 30.1 Å². The van der Waals surface area contributed by atoms with Crippen LogP contribution in [-0.2, 0) is 4.79 Å². The molecule has 1 nitrogen and oxygen atoms in total. The van der Waals surface area contributed by atoms with Crippen molar-refractivity contribution in [3.05, 3.63) is 0 Å². The first-order chi connectivity index (χ1) is 5.96. The highest BCUT2D eigenvalue weighted by molar-refractivity contribution is 5.85.